The molecule has 0 aromatic heterocycles. The van der Waals surface area contributed by atoms with Crippen molar-refractivity contribution in [2.24, 2.45) is 0 Å². The molecule has 0 aliphatic carbocycles. The summed E-state index contributed by atoms with van der Waals surface area (Å²) in [6.07, 6.45) is 3.14. The molecule has 3 amide bonds. The van der Waals surface area contributed by atoms with Gasteiger partial charge in [0.1, 0.15) is 17.7 Å². The third kappa shape index (κ3) is 8.82. The fourth-order valence-corrected chi connectivity index (χ4v) is 3.39. The third-order valence-electron chi connectivity index (χ3n) is 5.31. The van der Waals surface area contributed by atoms with E-state index in [1.165, 1.54) is 4.90 Å². The number of amides is 3. The summed E-state index contributed by atoms with van der Waals surface area (Å²) < 4.78 is 5.25. The summed E-state index contributed by atoms with van der Waals surface area (Å²) in [7, 11) is 0. The van der Waals surface area contributed by atoms with Crippen LogP contribution in [0.15, 0.2) is 30.8 Å². The van der Waals surface area contributed by atoms with E-state index < -0.39 is 36.3 Å². The predicted octanol–water partition coefficient (Wildman–Crippen LogP) is 3.80. The highest BCUT2D eigenvalue weighted by Crippen LogP contribution is 2.27. The van der Waals surface area contributed by atoms with Crippen LogP contribution in [0.5, 0.6) is 0 Å². The second kappa shape index (κ2) is 13.7. The summed E-state index contributed by atoms with van der Waals surface area (Å²) in [6, 6.07) is 4.70. The summed E-state index contributed by atoms with van der Waals surface area (Å²) in [4.78, 5) is 40.8. The highest BCUT2D eigenvalue weighted by molar-refractivity contribution is 5.92. The number of aliphatic hydroxyl groups is 1. The number of rotatable bonds is 12. The number of aliphatic hydroxyl groups excluding tert-OH is 1. The maximum atomic E-state index is 13.7. The van der Waals surface area contributed by atoms with E-state index in [0.717, 1.165) is 18.4 Å². The van der Waals surface area contributed by atoms with Crippen LogP contribution in [0.3, 0.4) is 0 Å². The topological polar surface area (TPSA) is 108 Å². The van der Waals surface area contributed by atoms with Gasteiger partial charge < -0.3 is 25.4 Å². The van der Waals surface area contributed by atoms with Crippen molar-refractivity contribution in [2.45, 2.75) is 84.5 Å². The zero-order valence-corrected chi connectivity index (χ0v) is 21.4. The molecule has 0 aliphatic heterocycles. The third-order valence-corrected chi connectivity index (χ3v) is 5.31. The molecule has 1 aromatic rings. The van der Waals surface area contributed by atoms with Gasteiger partial charge in [-0.3, -0.25) is 9.59 Å². The van der Waals surface area contributed by atoms with Crippen LogP contribution in [-0.2, 0) is 14.3 Å². The Bertz CT molecular complexity index is 834. The van der Waals surface area contributed by atoms with E-state index in [9.17, 15) is 19.5 Å². The maximum absolute atomic E-state index is 13.7. The van der Waals surface area contributed by atoms with Crippen LogP contribution < -0.4 is 10.6 Å². The average molecular weight is 476 g/mol. The van der Waals surface area contributed by atoms with Crippen molar-refractivity contribution in [3.05, 3.63) is 42.0 Å². The second-order valence-corrected chi connectivity index (χ2v) is 9.31. The van der Waals surface area contributed by atoms with Gasteiger partial charge in [-0.2, -0.15) is 0 Å². The number of hydrogen-bond acceptors (Lipinski definition) is 5. The zero-order valence-electron chi connectivity index (χ0n) is 21.4. The number of hydrogen-bond donors (Lipinski definition) is 3. The standard InChI is InChI=1S/C26H41N3O5/c1-8-11-15-27-23(31)22(20-14-12-13-19(10-3)16-20)29(18(4)9-2)24(32)21(17-30)28-25(33)34-26(5,6)7/h10,12-14,16,18,21-22,30H,3,8-9,11,15,17H2,1-2,4-7H3,(H,27,31)(H,28,33). The minimum absolute atomic E-state index is 0.322. The lowest BCUT2D eigenvalue weighted by Gasteiger charge is -2.38. The van der Waals surface area contributed by atoms with Crippen molar-refractivity contribution < 1.29 is 24.2 Å². The number of benzene rings is 1. The summed E-state index contributed by atoms with van der Waals surface area (Å²) in [5.41, 5.74) is 0.663. The van der Waals surface area contributed by atoms with Gasteiger partial charge in [0.05, 0.1) is 6.61 Å². The lowest BCUT2D eigenvalue weighted by Crippen LogP contribution is -2.56. The van der Waals surface area contributed by atoms with Crippen LogP contribution >= 0.6 is 0 Å². The molecule has 0 saturated heterocycles. The summed E-state index contributed by atoms with van der Waals surface area (Å²) >= 11 is 0. The molecular weight excluding hydrogens is 434 g/mol. The molecular formula is C26H41N3O5. The van der Waals surface area contributed by atoms with Gasteiger partial charge in [0, 0.05) is 12.6 Å². The Kier molecular flexibility index (Phi) is 11.8. The molecule has 0 radical (unpaired) electrons. The van der Waals surface area contributed by atoms with Gasteiger partial charge >= 0.3 is 6.09 Å². The van der Waals surface area contributed by atoms with E-state index in [2.05, 4.69) is 17.2 Å². The maximum Gasteiger partial charge on any atom is 0.408 e. The van der Waals surface area contributed by atoms with E-state index in [1.54, 1.807) is 39.0 Å². The quantitative estimate of drug-likeness (QED) is 0.399. The van der Waals surface area contributed by atoms with E-state index in [0.29, 0.717) is 18.5 Å². The van der Waals surface area contributed by atoms with Crippen LogP contribution in [0.2, 0.25) is 0 Å². The van der Waals surface area contributed by atoms with Gasteiger partial charge in [0.2, 0.25) is 11.8 Å². The summed E-state index contributed by atoms with van der Waals surface area (Å²) in [5, 5.41) is 15.3. The molecule has 3 N–H and O–H groups in total. The monoisotopic (exact) mass is 475 g/mol. The Balaban J connectivity index is 3.42. The Labute approximate surface area is 203 Å². The Morgan fingerprint density at radius 3 is 2.44 bits per heavy atom. The molecule has 3 atom stereocenters. The van der Waals surface area contributed by atoms with Crippen LogP contribution in [-0.4, -0.2) is 58.8 Å². The molecule has 0 aliphatic rings. The molecule has 0 spiro atoms. The number of unbranched alkanes of at least 4 members (excludes halogenated alkanes) is 1. The first kappa shape index (κ1) is 29.2. The molecule has 8 heteroatoms. The predicted molar refractivity (Wildman–Crippen MR) is 134 cm³/mol. The Hall–Kier alpha value is -2.87. The molecule has 34 heavy (non-hydrogen) atoms. The number of nitrogens with one attached hydrogen (secondary N) is 2. The van der Waals surface area contributed by atoms with Crippen molar-refractivity contribution in [3.8, 4) is 0 Å². The van der Waals surface area contributed by atoms with E-state index in [-0.39, 0.29) is 11.9 Å². The second-order valence-electron chi connectivity index (χ2n) is 9.31. The summed E-state index contributed by atoms with van der Waals surface area (Å²) in [6.45, 7) is 14.5. The first-order valence-electron chi connectivity index (χ1n) is 11.9. The zero-order chi connectivity index (χ0) is 25.9. The number of alkyl carbamates (subject to hydrolysis) is 1. The fraction of sp³-hybridized carbons (Fsp3) is 0.577. The lowest BCUT2D eigenvalue weighted by molar-refractivity contribution is -0.145. The number of carbonyl (C=O) groups excluding carboxylic acids is 3. The molecule has 190 valence electrons. The Morgan fingerprint density at radius 2 is 1.91 bits per heavy atom. The first-order chi connectivity index (χ1) is 16.0. The van der Waals surface area contributed by atoms with Gasteiger partial charge in [-0.25, -0.2) is 4.79 Å². The number of ether oxygens (including phenoxy) is 1. The van der Waals surface area contributed by atoms with Crippen LogP contribution in [0.1, 0.15) is 78.0 Å². The summed E-state index contributed by atoms with van der Waals surface area (Å²) in [5.74, 6) is -0.889. The fourth-order valence-electron chi connectivity index (χ4n) is 3.39. The van der Waals surface area contributed by atoms with Crippen molar-refractivity contribution in [3.63, 3.8) is 0 Å². The lowest BCUT2D eigenvalue weighted by atomic mass is 9.98. The van der Waals surface area contributed by atoms with Crippen LogP contribution in [0.25, 0.3) is 6.08 Å². The Morgan fingerprint density at radius 1 is 1.24 bits per heavy atom. The van der Waals surface area contributed by atoms with Crippen LogP contribution in [0, 0.1) is 0 Å². The molecule has 8 nitrogen and oxygen atoms in total. The molecule has 1 aromatic carbocycles. The minimum Gasteiger partial charge on any atom is -0.444 e. The smallest absolute Gasteiger partial charge is 0.408 e. The molecule has 3 unspecified atom stereocenters. The van der Waals surface area contributed by atoms with Crippen molar-refractivity contribution in [1.29, 1.82) is 0 Å². The van der Waals surface area contributed by atoms with E-state index in [4.69, 9.17) is 4.74 Å². The van der Waals surface area contributed by atoms with E-state index in [1.807, 2.05) is 32.9 Å². The van der Waals surface area contributed by atoms with E-state index >= 15 is 0 Å². The molecule has 0 bridgehead atoms. The highest BCUT2D eigenvalue weighted by atomic mass is 16.6. The molecule has 0 saturated carbocycles. The number of nitrogens with zero attached hydrogens (tertiary/aromatic N) is 1. The van der Waals surface area contributed by atoms with Gasteiger partial charge in [0.25, 0.3) is 0 Å². The first-order valence-corrected chi connectivity index (χ1v) is 11.9. The van der Waals surface area contributed by atoms with Crippen molar-refractivity contribution >= 4 is 24.0 Å². The van der Waals surface area contributed by atoms with Crippen molar-refractivity contribution in [2.75, 3.05) is 13.2 Å². The van der Waals surface area contributed by atoms with Gasteiger partial charge in [-0.05, 0) is 57.7 Å². The highest BCUT2D eigenvalue weighted by Gasteiger charge is 2.38. The van der Waals surface area contributed by atoms with Crippen LogP contribution in [0.4, 0.5) is 4.79 Å². The minimum atomic E-state index is -1.27. The number of carbonyl (C=O) groups is 3. The normalized spacial score (nSPS) is 13.9. The van der Waals surface area contributed by atoms with Crippen molar-refractivity contribution in [1.82, 2.24) is 15.5 Å². The van der Waals surface area contributed by atoms with Gasteiger partial charge in [-0.1, -0.05) is 51.1 Å². The average Bonchev–Trinajstić information content (AvgIpc) is 2.78. The molecule has 0 heterocycles. The van der Waals surface area contributed by atoms with Gasteiger partial charge in [-0.15, -0.1) is 0 Å². The molecule has 0 fully saturated rings. The molecule has 1 rings (SSSR count). The van der Waals surface area contributed by atoms with Gasteiger partial charge in [0.15, 0.2) is 0 Å². The SMILES string of the molecule is C=Cc1cccc(C(C(=O)NCCCC)N(C(=O)C(CO)NC(=O)OC(C)(C)C)C(C)CC)c1. The largest absolute Gasteiger partial charge is 0.444 e.